The number of likely N-dealkylation sites (N-methyl/N-ethyl adjacent to an activating group) is 1. The number of hydrogen-bond acceptors (Lipinski definition) is 6. The highest BCUT2D eigenvalue weighted by Crippen LogP contribution is 2.24. The van der Waals surface area contributed by atoms with Crippen LogP contribution in [0.5, 0.6) is 0 Å². The maximum atomic E-state index is 12.4. The van der Waals surface area contributed by atoms with Crippen LogP contribution in [-0.2, 0) is 16.1 Å². The van der Waals surface area contributed by atoms with Gasteiger partial charge in [-0.25, -0.2) is 4.98 Å². The monoisotopic (exact) mass is 351 g/mol. The first-order valence-corrected chi connectivity index (χ1v) is 8.67. The molecule has 2 saturated heterocycles. The minimum atomic E-state index is -0.457. The molecule has 1 aromatic rings. The molecule has 3 rings (SSSR count). The number of carbonyl (C=O) groups is 3. The first-order chi connectivity index (χ1) is 11.3. The predicted octanol–water partition coefficient (Wildman–Crippen LogP) is -0.624. The van der Waals surface area contributed by atoms with Crippen LogP contribution in [0.2, 0.25) is 0 Å². The van der Waals surface area contributed by atoms with Gasteiger partial charge < -0.3 is 20.0 Å². The van der Waals surface area contributed by atoms with Gasteiger partial charge in [0, 0.05) is 31.6 Å². The Morgan fingerprint density at radius 2 is 2.21 bits per heavy atom. The zero-order valence-electron chi connectivity index (χ0n) is 14.0. The molecular weight excluding hydrogens is 330 g/mol. The zero-order valence-corrected chi connectivity index (χ0v) is 14.8. The van der Waals surface area contributed by atoms with Crippen molar-refractivity contribution in [1.82, 2.24) is 25.0 Å². The third kappa shape index (κ3) is 3.27. The Labute approximate surface area is 144 Å². The average molecular weight is 351 g/mol. The highest BCUT2D eigenvalue weighted by molar-refractivity contribution is 7.09. The van der Waals surface area contributed by atoms with Crippen molar-refractivity contribution < 1.29 is 14.4 Å². The lowest BCUT2D eigenvalue weighted by Gasteiger charge is -2.33. The van der Waals surface area contributed by atoms with Crippen molar-refractivity contribution >= 4 is 29.1 Å². The molecule has 2 atom stereocenters. The molecule has 1 N–H and O–H groups in total. The second kappa shape index (κ2) is 6.48. The third-order valence-corrected chi connectivity index (χ3v) is 5.06. The Bertz CT molecular complexity index is 674. The van der Waals surface area contributed by atoms with E-state index in [9.17, 15) is 14.4 Å². The number of amides is 3. The number of thiazole rings is 1. The number of hydrogen-bond donors (Lipinski definition) is 1. The Morgan fingerprint density at radius 1 is 1.46 bits per heavy atom. The van der Waals surface area contributed by atoms with Gasteiger partial charge in [-0.2, -0.15) is 0 Å². The normalized spacial score (nSPS) is 23.8. The molecule has 1 aromatic heterocycles. The summed E-state index contributed by atoms with van der Waals surface area (Å²) in [5, 5.41) is 5.51. The first-order valence-electron chi connectivity index (χ1n) is 7.79. The van der Waals surface area contributed by atoms with E-state index in [0.717, 1.165) is 5.01 Å². The highest BCUT2D eigenvalue weighted by atomic mass is 32.1. The maximum Gasteiger partial charge on any atom is 0.271 e. The van der Waals surface area contributed by atoms with Crippen molar-refractivity contribution in [2.45, 2.75) is 25.0 Å². The third-order valence-electron chi connectivity index (χ3n) is 4.23. The summed E-state index contributed by atoms with van der Waals surface area (Å²) >= 11 is 1.45. The summed E-state index contributed by atoms with van der Waals surface area (Å²) in [7, 11) is 5.52. The Hall–Kier alpha value is -2.00. The van der Waals surface area contributed by atoms with Crippen molar-refractivity contribution in [3.05, 3.63) is 16.1 Å². The molecule has 0 unspecified atom stereocenters. The molecule has 9 heteroatoms. The molecule has 130 valence electrons. The summed E-state index contributed by atoms with van der Waals surface area (Å²) < 4.78 is 0. The predicted molar refractivity (Wildman–Crippen MR) is 88.5 cm³/mol. The van der Waals surface area contributed by atoms with Crippen LogP contribution in [0.25, 0.3) is 0 Å². The topological polar surface area (TPSA) is 85.9 Å². The Morgan fingerprint density at radius 3 is 2.92 bits per heavy atom. The van der Waals surface area contributed by atoms with E-state index in [4.69, 9.17) is 0 Å². The van der Waals surface area contributed by atoms with E-state index in [1.165, 1.54) is 16.2 Å². The quantitative estimate of drug-likeness (QED) is 0.781. The van der Waals surface area contributed by atoms with Gasteiger partial charge in [-0.1, -0.05) is 0 Å². The van der Waals surface area contributed by atoms with Crippen molar-refractivity contribution in [3.63, 3.8) is 0 Å². The van der Waals surface area contributed by atoms with Gasteiger partial charge in [0.2, 0.25) is 11.8 Å². The van der Waals surface area contributed by atoms with Crippen LogP contribution in [0.15, 0.2) is 5.38 Å². The number of rotatable bonds is 4. The average Bonchev–Trinajstić information content (AvgIpc) is 3.11. The van der Waals surface area contributed by atoms with E-state index in [1.54, 1.807) is 17.3 Å². The van der Waals surface area contributed by atoms with Gasteiger partial charge in [-0.15, -0.1) is 11.3 Å². The van der Waals surface area contributed by atoms with Crippen molar-refractivity contribution in [2.75, 3.05) is 34.2 Å². The molecular formula is C15H21N5O3S. The molecule has 0 aliphatic carbocycles. The largest absolute Gasteiger partial charge is 0.346 e. The highest BCUT2D eigenvalue weighted by Gasteiger charge is 2.45. The van der Waals surface area contributed by atoms with Gasteiger partial charge in [-0.05, 0) is 20.5 Å². The lowest BCUT2D eigenvalue weighted by molar-refractivity contribution is -0.152. The van der Waals surface area contributed by atoms with Crippen LogP contribution in [0, 0.1) is 0 Å². The number of aromatic nitrogens is 1. The number of piperazine rings is 1. The lowest BCUT2D eigenvalue weighted by atomic mass is 10.1. The SMILES string of the molecule is CN(C)Cc1nc(C(=O)N[C@H]2C[C@H]3C(=O)N(C)CC(=O)N3C2)cs1. The van der Waals surface area contributed by atoms with Gasteiger partial charge in [-0.3, -0.25) is 14.4 Å². The summed E-state index contributed by atoms with van der Waals surface area (Å²) in [5.74, 6) is -0.386. The fourth-order valence-corrected chi connectivity index (χ4v) is 3.99. The molecule has 24 heavy (non-hydrogen) atoms. The van der Waals surface area contributed by atoms with Crippen LogP contribution in [-0.4, -0.2) is 83.7 Å². The van der Waals surface area contributed by atoms with E-state index in [2.05, 4.69) is 10.3 Å². The van der Waals surface area contributed by atoms with Crippen molar-refractivity contribution in [1.29, 1.82) is 0 Å². The van der Waals surface area contributed by atoms with Gasteiger partial charge in [0.1, 0.15) is 16.7 Å². The number of nitrogens with zero attached hydrogens (tertiary/aromatic N) is 4. The Balaban J connectivity index is 1.63. The van der Waals surface area contributed by atoms with Crippen LogP contribution in [0.4, 0.5) is 0 Å². The van der Waals surface area contributed by atoms with E-state index in [-0.39, 0.29) is 30.3 Å². The van der Waals surface area contributed by atoms with E-state index >= 15 is 0 Å². The Kier molecular flexibility index (Phi) is 4.55. The first kappa shape index (κ1) is 16.8. The number of carbonyl (C=O) groups excluding carboxylic acids is 3. The van der Waals surface area contributed by atoms with E-state index in [0.29, 0.717) is 25.2 Å². The van der Waals surface area contributed by atoms with Gasteiger partial charge in [0.15, 0.2) is 0 Å². The molecule has 3 amide bonds. The maximum absolute atomic E-state index is 12.4. The second-order valence-electron chi connectivity index (χ2n) is 6.53. The van der Waals surface area contributed by atoms with Crippen molar-refractivity contribution in [2.24, 2.45) is 0 Å². The number of nitrogens with one attached hydrogen (secondary N) is 1. The van der Waals surface area contributed by atoms with Gasteiger partial charge >= 0.3 is 0 Å². The minimum Gasteiger partial charge on any atom is -0.346 e. The zero-order chi connectivity index (χ0) is 17.4. The molecule has 0 saturated carbocycles. The second-order valence-corrected chi connectivity index (χ2v) is 7.47. The molecule has 2 aliphatic rings. The van der Waals surface area contributed by atoms with Crippen LogP contribution >= 0.6 is 11.3 Å². The summed E-state index contributed by atoms with van der Waals surface area (Å²) in [6.07, 6.45) is 0.454. The van der Waals surface area contributed by atoms with E-state index < -0.39 is 6.04 Å². The molecule has 2 aliphatic heterocycles. The smallest absolute Gasteiger partial charge is 0.271 e. The van der Waals surface area contributed by atoms with Gasteiger partial charge in [0.05, 0.1) is 6.54 Å². The summed E-state index contributed by atoms with van der Waals surface area (Å²) in [4.78, 5) is 45.9. The molecule has 3 heterocycles. The fraction of sp³-hybridized carbons (Fsp3) is 0.600. The summed E-state index contributed by atoms with van der Waals surface area (Å²) in [6.45, 7) is 1.17. The minimum absolute atomic E-state index is 0.0618. The van der Waals surface area contributed by atoms with Crippen LogP contribution < -0.4 is 5.32 Å². The van der Waals surface area contributed by atoms with Crippen LogP contribution in [0.1, 0.15) is 21.9 Å². The van der Waals surface area contributed by atoms with Gasteiger partial charge in [0.25, 0.3) is 5.91 Å². The summed E-state index contributed by atoms with van der Waals surface area (Å²) in [6, 6.07) is -0.679. The molecule has 0 aromatic carbocycles. The van der Waals surface area contributed by atoms with E-state index in [1.807, 2.05) is 19.0 Å². The standard InChI is InChI=1S/C15H21N5O3S/c1-18(2)6-12-17-10(8-24-12)14(22)16-9-4-11-15(23)19(3)7-13(21)20(11)5-9/h8-9,11H,4-7H2,1-3H3,(H,16,22)/t9-,11-/m0/s1. The fourth-order valence-electron chi connectivity index (χ4n) is 3.09. The molecule has 2 fully saturated rings. The lowest BCUT2D eigenvalue weighted by Crippen LogP contribution is -2.55. The molecule has 0 bridgehead atoms. The van der Waals surface area contributed by atoms with Crippen LogP contribution in [0.3, 0.4) is 0 Å². The summed E-state index contributed by atoms with van der Waals surface area (Å²) in [5.41, 5.74) is 0.386. The molecule has 0 spiro atoms. The molecule has 8 nitrogen and oxygen atoms in total. The molecule has 0 radical (unpaired) electrons. The number of fused-ring (bicyclic) bond motifs is 1. The van der Waals surface area contributed by atoms with Crippen molar-refractivity contribution in [3.8, 4) is 0 Å².